The fraction of sp³-hybridized carbons (Fsp3) is 0.158. The summed E-state index contributed by atoms with van der Waals surface area (Å²) in [5, 5.41) is 47.8. The Morgan fingerprint density at radius 2 is 1.38 bits per heavy atom. The van der Waals surface area contributed by atoms with E-state index in [-0.39, 0.29) is 41.1 Å². The molecule has 0 heterocycles. The minimum absolute atomic E-state index is 0.0156. The van der Waals surface area contributed by atoms with Crippen LogP contribution >= 0.6 is 0 Å². The van der Waals surface area contributed by atoms with Gasteiger partial charge in [-0.15, -0.1) is 0 Å². The number of hydrogen-bond acceptors (Lipinski definition) is 5. The van der Waals surface area contributed by atoms with Gasteiger partial charge in [-0.25, -0.2) is 0 Å². The lowest BCUT2D eigenvalue weighted by Gasteiger charge is -2.06. The molecule has 5 heteroatoms. The summed E-state index contributed by atoms with van der Waals surface area (Å²) in [5.74, 6) is -0.656. The second-order valence-electron chi connectivity index (χ2n) is 5.57. The van der Waals surface area contributed by atoms with E-state index in [9.17, 15) is 20.4 Å². The summed E-state index contributed by atoms with van der Waals surface area (Å²) in [4.78, 5) is 0. The quantitative estimate of drug-likeness (QED) is 0.428. The van der Waals surface area contributed by atoms with Gasteiger partial charge in [-0.1, -0.05) is 37.3 Å². The Hall–Kier alpha value is -2.92. The van der Waals surface area contributed by atoms with Crippen molar-refractivity contribution >= 4 is 18.2 Å². The largest absolute Gasteiger partial charge is 0.507 e. The van der Waals surface area contributed by atoms with E-state index in [0.29, 0.717) is 11.1 Å². The first-order chi connectivity index (χ1) is 11.4. The van der Waals surface area contributed by atoms with Crippen molar-refractivity contribution in [2.75, 3.05) is 6.61 Å². The van der Waals surface area contributed by atoms with Gasteiger partial charge in [0.15, 0.2) is 11.5 Å². The normalized spacial score (nSPS) is 12.9. The minimum atomic E-state index is -0.221. The van der Waals surface area contributed by atoms with Crippen LogP contribution in [0.15, 0.2) is 36.4 Å². The molecule has 0 aromatic heterocycles. The van der Waals surface area contributed by atoms with Gasteiger partial charge in [0.25, 0.3) is 0 Å². The fourth-order valence-corrected chi connectivity index (χ4v) is 2.07. The van der Waals surface area contributed by atoms with Crippen molar-refractivity contribution in [3.63, 3.8) is 0 Å². The Morgan fingerprint density at radius 1 is 0.792 bits per heavy atom. The van der Waals surface area contributed by atoms with Crippen molar-refractivity contribution < 1.29 is 25.5 Å². The van der Waals surface area contributed by atoms with Crippen molar-refractivity contribution in [3.05, 3.63) is 53.1 Å². The van der Waals surface area contributed by atoms with Crippen LogP contribution in [0.2, 0.25) is 0 Å². The Bertz CT molecular complexity index is 754. The number of benzene rings is 2. The van der Waals surface area contributed by atoms with Gasteiger partial charge in [0.1, 0.15) is 11.5 Å². The monoisotopic (exact) mass is 328 g/mol. The third kappa shape index (κ3) is 4.30. The SMILES string of the molecule is CC(/C=C/c1c(O)cc(/C=C/c2ccc(O)c(O)c2)cc1O)CO. The Balaban J connectivity index is 2.24. The van der Waals surface area contributed by atoms with E-state index in [2.05, 4.69) is 0 Å². The average molecular weight is 328 g/mol. The van der Waals surface area contributed by atoms with Crippen LogP contribution < -0.4 is 0 Å². The van der Waals surface area contributed by atoms with Crippen LogP contribution in [0.25, 0.3) is 18.2 Å². The molecule has 24 heavy (non-hydrogen) atoms. The summed E-state index contributed by atoms with van der Waals surface area (Å²) < 4.78 is 0. The van der Waals surface area contributed by atoms with Crippen molar-refractivity contribution in [1.29, 1.82) is 0 Å². The van der Waals surface area contributed by atoms with Gasteiger partial charge >= 0.3 is 0 Å². The Kier molecular flexibility index (Phi) is 5.50. The maximum absolute atomic E-state index is 10.1. The molecule has 0 saturated heterocycles. The highest BCUT2D eigenvalue weighted by molar-refractivity contribution is 5.75. The van der Waals surface area contributed by atoms with Gasteiger partial charge in [-0.05, 0) is 41.3 Å². The molecule has 1 unspecified atom stereocenters. The van der Waals surface area contributed by atoms with Gasteiger partial charge in [0.2, 0.25) is 0 Å². The molecule has 0 amide bonds. The molecule has 0 aliphatic heterocycles. The highest BCUT2D eigenvalue weighted by Crippen LogP contribution is 2.31. The van der Waals surface area contributed by atoms with Gasteiger partial charge in [0, 0.05) is 6.61 Å². The predicted octanol–water partition coefficient (Wildman–Crippen LogP) is 3.32. The van der Waals surface area contributed by atoms with Crippen LogP contribution in [0.3, 0.4) is 0 Å². The fourth-order valence-electron chi connectivity index (χ4n) is 2.07. The van der Waals surface area contributed by atoms with Crippen LogP contribution in [-0.2, 0) is 0 Å². The summed E-state index contributed by atoms with van der Waals surface area (Å²) in [6, 6.07) is 7.40. The van der Waals surface area contributed by atoms with Crippen LogP contribution in [0.4, 0.5) is 0 Å². The molecule has 2 rings (SSSR count). The van der Waals surface area contributed by atoms with Crippen molar-refractivity contribution in [1.82, 2.24) is 0 Å². The zero-order valence-electron chi connectivity index (χ0n) is 13.2. The molecule has 1 atom stereocenters. The van der Waals surface area contributed by atoms with Crippen LogP contribution in [0.5, 0.6) is 23.0 Å². The first-order valence-electron chi connectivity index (χ1n) is 7.46. The minimum Gasteiger partial charge on any atom is -0.507 e. The number of aliphatic hydroxyl groups is 1. The lowest BCUT2D eigenvalue weighted by molar-refractivity contribution is 0.262. The highest BCUT2D eigenvalue weighted by Gasteiger charge is 2.07. The lowest BCUT2D eigenvalue weighted by atomic mass is 10.0. The maximum atomic E-state index is 10.1. The number of rotatable bonds is 5. The lowest BCUT2D eigenvalue weighted by Crippen LogP contribution is -1.94. The smallest absolute Gasteiger partial charge is 0.157 e. The summed E-state index contributed by atoms with van der Waals surface area (Å²) in [6.07, 6.45) is 6.60. The number of aliphatic hydroxyl groups excluding tert-OH is 1. The summed E-state index contributed by atoms with van der Waals surface area (Å²) >= 11 is 0. The molecule has 126 valence electrons. The van der Waals surface area contributed by atoms with E-state index < -0.39 is 0 Å². The van der Waals surface area contributed by atoms with Crippen LogP contribution in [-0.4, -0.2) is 32.1 Å². The van der Waals surface area contributed by atoms with Crippen LogP contribution in [0.1, 0.15) is 23.6 Å². The molecule has 5 N–H and O–H groups in total. The first kappa shape index (κ1) is 17.4. The second-order valence-corrected chi connectivity index (χ2v) is 5.57. The van der Waals surface area contributed by atoms with E-state index in [1.54, 1.807) is 30.4 Å². The zero-order chi connectivity index (χ0) is 17.7. The van der Waals surface area contributed by atoms with Crippen molar-refractivity contribution in [3.8, 4) is 23.0 Å². The second kappa shape index (κ2) is 7.57. The van der Waals surface area contributed by atoms with Gasteiger partial charge in [-0.2, -0.15) is 0 Å². The van der Waals surface area contributed by atoms with Crippen LogP contribution in [0, 0.1) is 5.92 Å². The highest BCUT2D eigenvalue weighted by atomic mass is 16.3. The molecule has 0 aliphatic rings. The number of phenols is 4. The van der Waals surface area contributed by atoms with E-state index in [1.807, 2.05) is 6.92 Å². The third-order valence-corrected chi connectivity index (χ3v) is 3.51. The maximum Gasteiger partial charge on any atom is 0.157 e. The van der Waals surface area contributed by atoms with Gasteiger partial charge < -0.3 is 25.5 Å². The van der Waals surface area contributed by atoms with Crippen molar-refractivity contribution in [2.45, 2.75) is 6.92 Å². The molecule has 0 saturated carbocycles. The van der Waals surface area contributed by atoms with E-state index in [4.69, 9.17) is 5.11 Å². The molecular weight excluding hydrogens is 308 g/mol. The number of phenolic OH excluding ortho intramolecular Hbond substituents is 4. The first-order valence-corrected chi connectivity index (χ1v) is 7.46. The number of aromatic hydroxyl groups is 4. The van der Waals surface area contributed by atoms with E-state index in [1.165, 1.54) is 24.3 Å². The summed E-state index contributed by atoms with van der Waals surface area (Å²) in [5.41, 5.74) is 1.52. The Labute approximate surface area is 140 Å². The average Bonchev–Trinajstić information content (AvgIpc) is 2.55. The van der Waals surface area contributed by atoms with Crippen molar-refractivity contribution in [2.24, 2.45) is 5.92 Å². The molecule has 0 spiro atoms. The third-order valence-electron chi connectivity index (χ3n) is 3.51. The molecule has 0 bridgehead atoms. The van der Waals surface area contributed by atoms with E-state index in [0.717, 1.165) is 0 Å². The van der Waals surface area contributed by atoms with Gasteiger partial charge in [0.05, 0.1) is 5.56 Å². The summed E-state index contributed by atoms with van der Waals surface area (Å²) in [6.45, 7) is 1.80. The van der Waals surface area contributed by atoms with Gasteiger partial charge in [-0.3, -0.25) is 0 Å². The molecule has 2 aromatic rings. The molecule has 0 aliphatic carbocycles. The molecule has 0 fully saturated rings. The molecular formula is C19H20O5. The number of hydrogen-bond donors (Lipinski definition) is 5. The standard InChI is InChI=1S/C19H20O5/c1-12(11-20)2-6-15-17(22)9-14(10-18(15)23)4-3-13-5-7-16(21)19(24)8-13/h2-10,12,20-24H,11H2,1H3/b4-3+,6-2+. The zero-order valence-corrected chi connectivity index (χ0v) is 13.2. The Morgan fingerprint density at radius 3 is 1.96 bits per heavy atom. The molecule has 5 nitrogen and oxygen atoms in total. The topological polar surface area (TPSA) is 101 Å². The summed E-state index contributed by atoms with van der Waals surface area (Å²) in [7, 11) is 0. The van der Waals surface area contributed by atoms with E-state index >= 15 is 0 Å². The molecule has 2 aromatic carbocycles. The molecule has 0 radical (unpaired) electrons. The predicted molar refractivity (Wildman–Crippen MR) is 93.8 cm³/mol.